The minimum absolute atomic E-state index is 0.0473. The average molecular weight is 478 g/mol. The number of carbonyl (C=O) groups is 1. The molecule has 2 rings (SSSR count). The summed E-state index contributed by atoms with van der Waals surface area (Å²) in [6, 6.07) is 8.19. The van der Waals surface area contributed by atoms with Crippen molar-refractivity contribution < 1.29 is 13.2 Å². The Bertz CT molecular complexity index is 926. The first-order valence-corrected chi connectivity index (χ1v) is 11.0. The fraction of sp³-hybridized carbons (Fsp3) is 0.235. The molecule has 0 spiro atoms. The highest BCUT2D eigenvalue weighted by Gasteiger charge is 2.24. The van der Waals surface area contributed by atoms with Crippen LogP contribution in [0.3, 0.4) is 0 Å². The van der Waals surface area contributed by atoms with Gasteiger partial charge in [0.05, 0.1) is 15.8 Å². The second-order valence-corrected chi connectivity index (χ2v) is 10.4. The lowest BCUT2D eigenvalue weighted by molar-refractivity contribution is 0.0764. The third kappa shape index (κ3) is 4.75. The van der Waals surface area contributed by atoms with E-state index in [9.17, 15) is 13.2 Å². The molecule has 1 aromatic heterocycles. The SMILES string of the molecule is C=CCN(Cc1ccc(Cl)s1)C(=O)c1ccc(Br)c(S(=O)(=O)N(C)C)c1. The predicted octanol–water partition coefficient (Wildman–Crippen LogP) is 4.24. The van der Waals surface area contributed by atoms with Gasteiger partial charge in [-0.05, 0) is 46.3 Å². The van der Waals surface area contributed by atoms with Crippen molar-refractivity contribution in [2.24, 2.45) is 0 Å². The molecular formula is C17H18BrClN2O3S2. The van der Waals surface area contributed by atoms with Crippen molar-refractivity contribution in [3.8, 4) is 0 Å². The molecule has 0 aliphatic carbocycles. The molecule has 9 heteroatoms. The Morgan fingerprint density at radius 2 is 2.00 bits per heavy atom. The Morgan fingerprint density at radius 1 is 1.31 bits per heavy atom. The Labute approximate surface area is 171 Å². The van der Waals surface area contributed by atoms with E-state index in [4.69, 9.17) is 11.6 Å². The van der Waals surface area contributed by atoms with Crippen LogP contribution in [0.4, 0.5) is 0 Å². The highest BCUT2D eigenvalue weighted by molar-refractivity contribution is 9.10. The van der Waals surface area contributed by atoms with Gasteiger partial charge < -0.3 is 4.90 Å². The number of amides is 1. The van der Waals surface area contributed by atoms with Gasteiger partial charge in [-0.3, -0.25) is 4.79 Å². The van der Waals surface area contributed by atoms with Crippen LogP contribution in [0.25, 0.3) is 0 Å². The summed E-state index contributed by atoms with van der Waals surface area (Å²) >= 11 is 10.6. The molecule has 0 bridgehead atoms. The van der Waals surface area contributed by atoms with Crippen molar-refractivity contribution in [2.45, 2.75) is 11.4 Å². The van der Waals surface area contributed by atoms with Gasteiger partial charge in [0.15, 0.2) is 0 Å². The lowest BCUT2D eigenvalue weighted by atomic mass is 10.2. The van der Waals surface area contributed by atoms with E-state index in [2.05, 4.69) is 22.5 Å². The molecule has 0 atom stereocenters. The molecule has 0 radical (unpaired) electrons. The van der Waals surface area contributed by atoms with Crippen molar-refractivity contribution in [3.63, 3.8) is 0 Å². The van der Waals surface area contributed by atoms with E-state index in [0.717, 1.165) is 9.18 Å². The molecule has 0 saturated carbocycles. The Kier molecular flexibility index (Phi) is 7.04. The maximum Gasteiger partial charge on any atom is 0.254 e. The topological polar surface area (TPSA) is 57.7 Å². The van der Waals surface area contributed by atoms with Gasteiger partial charge in [-0.25, -0.2) is 12.7 Å². The summed E-state index contributed by atoms with van der Waals surface area (Å²) < 4.78 is 27.1. The molecule has 5 nitrogen and oxygen atoms in total. The van der Waals surface area contributed by atoms with Gasteiger partial charge in [-0.1, -0.05) is 17.7 Å². The zero-order chi connectivity index (χ0) is 19.5. The zero-order valence-corrected chi connectivity index (χ0v) is 18.3. The van der Waals surface area contributed by atoms with Gasteiger partial charge in [-0.2, -0.15) is 0 Å². The van der Waals surface area contributed by atoms with Crippen LogP contribution in [-0.2, 0) is 16.6 Å². The average Bonchev–Trinajstić information content (AvgIpc) is 2.99. The minimum Gasteiger partial charge on any atom is -0.330 e. The maximum atomic E-state index is 12.9. The number of thiophene rings is 1. The number of rotatable bonds is 7. The van der Waals surface area contributed by atoms with Crippen LogP contribution in [0.1, 0.15) is 15.2 Å². The first-order chi connectivity index (χ1) is 12.2. The molecule has 1 amide bonds. The minimum atomic E-state index is -3.68. The molecule has 0 fully saturated rings. The monoisotopic (exact) mass is 476 g/mol. The third-order valence-electron chi connectivity index (χ3n) is 3.55. The summed E-state index contributed by atoms with van der Waals surface area (Å²) in [5.74, 6) is -0.280. The van der Waals surface area contributed by atoms with Gasteiger partial charge in [0, 0.05) is 35.6 Å². The number of carbonyl (C=O) groups excluding carboxylic acids is 1. The molecule has 0 saturated heterocycles. The zero-order valence-electron chi connectivity index (χ0n) is 14.3. The third-order valence-corrected chi connectivity index (χ3v) is 7.57. The normalized spacial score (nSPS) is 11.6. The largest absolute Gasteiger partial charge is 0.330 e. The second kappa shape index (κ2) is 8.67. The Hall–Kier alpha value is -1.19. The number of hydrogen-bond acceptors (Lipinski definition) is 4. The van der Waals surface area contributed by atoms with Crippen LogP contribution in [0.5, 0.6) is 0 Å². The standard InChI is InChI=1S/C17H18BrClN2O3S2/c1-4-9-21(11-13-6-8-16(19)25-13)17(22)12-5-7-14(18)15(10-12)26(23,24)20(2)3/h4-8,10H,1,9,11H2,2-3H3. The van der Waals surface area contributed by atoms with Crippen molar-refractivity contribution in [1.29, 1.82) is 0 Å². The van der Waals surface area contributed by atoms with Gasteiger partial charge in [0.25, 0.3) is 5.91 Å². The molecule has 0 aliphatic heterocycles. The molecule has 26 heavy (non-hydrogen) atoms. The van der Waals surface area contributed by atoms with Crippen molar-refractivity contribution in [3.05, 3.63) is 62.2 Å². The van der Waals surface area contributed by atoms with E-state index in [-0.39, 0.29) is 16.4 Å². The van der Waals surface area contributed by atoms with E-state index in [1.165, 1.54) is 31.5 Å². The highest BCUT2D eigenvalue weighted by atomic mass is 79.9. The molecule has 1 heterocycles. The Morgan fingerprint density at radius 3 is 2.54 bits per heavy atom. The van der Waals surface area contributed by atoms with E-state index < -0.39 is 10.0 Å². The predicted molar refractivity (Wildman–Crippen MR) is 109 cm³/mol. The molecule has 2 aromatic rings. The number of hydrogen-bond donors (Lipinski definition) is 0. The summed E-state index contributed by atoms with van der Waals surface area (Å²) in [6.07, 6.45) is 1.63. The molecule has 0 unspecified atom stereocenters. The summed E-state index contributed by atoms with van der Waals surface area (Å²) in [4.78, 5) is 15.5. The van der Waals surface area contributed by atoms with Gasteiger partial charge in [0.1, 0.15) is 0 Å². The summed E-state index contributed by atoms with van der Waals surface area (Å²) in [6.45, 7) is 4.39. The quantitative estimate of drug-likeness (QED) is 0.560. The summed E-state index contributed by atoms with van der Waals surface area (Å²) in [5.41, 5.74) is 0.290. The van der Waals surface area contributed by atoms with Crippen LogP contribution in [-0.4, -0.2) is 44.2 Å². The fourth-order valence-electron chi connectivity index (χ4n) is 2.21. The van der Waals surface area contributed by atoms with E-state index in [1.54, 1.807) is 29.2 Å². The van der Waals surface area contributed by atoms with Crippen molar-refractivity contribution in [2.75, 3.05) is 20.6 Å². The summed E-state index contributed by atoms with van der Waals surface area (Å²) in [5, 5.41) is 0. The molecule has 0 aliphatic rings. The fourth-order valence-corrected chi connectivity index (χ4v) is 5.16. The number of nitrogens with zero attached hydrogens (tertiary/aromatic N) is 2. The van der Waals surface area contributed by atoms with Crippen LogP contribution in [0, 0.1) is 0 Å². The van der Waals surface area contributed by atoms with E-state index in [0.29, 0.717) is 21.9 Å². The highest BCUT2D eigenvalue weighted by Crippen LogP contribution is 2.27. The Balaban J connectivity index is 2.38. The first-order valence-electron chi connectivity index (χ1n) is 7.53. The van der Waals surface area contributed by atoms with Crippen molar-refractivity contribution in [1.82, 2.24) is 9.21 Å². The van der Waals surface area contributed by atoms with E-state index >= 15 is 0 Å². The van der Waals surface area contributed by atoms with Crippen LogP contribution in [0.15, 0.2) is 52.4 Å². The van der Waals surface area contributed by atoms with E-state index in [1.807, 2.05) is 6.07 Å². The molecule has 1 aromatic carbocycles. The van der Waals surface area contributed by atoms with Gasteiger partial charge in [-0.15, -0.1) is 17.9 Å². The van der Waals surface area contributed by atoms with Gasteiger partial charge >= 0.3 is 0 Å². The number of benzene rings is 1. The maximum absolute atomic E-state index is 12.9. The van der Waals surface area contributed by atoms with Crippen molar-refractivity contribution >= 4 is 54.8 Å². The van der Waals surface area contributed by atoms with Crippen LogP contribution in [0.2, 0.25) is 4.34 Å². The molecule has 0 N–H and O–H groups in total. The molecular weight excluding hydrogens is 460 g/mol. The lowest BCUT2D eigenvalue weighted by Crippen LogP contribution is -2.31. The smallest absolute Gasteiger partial charge is 0.254 e. The van der Waals surface area contributed by atoms with Crippen LogP contribution < -0.4 is 0 Å². The number of halogens is 2. The first kappa shape index (κ1) is 21.1. The lowest BCUT2D eigenvalue weighted by Gasteiger charge is -2.21. The number of sulfonamides is 1. The summed E-state index contributed by atoms with van der Waals surface area (Å²) in [7, 11) is -0.786. The second-order valence-electron chi connectivity index (χ2n) is 5.61. The molecule has 140 valence electrons. The van der Waals surface area contributed by atoms with Gasteiger partial charge in [0.2, 0.25) is 10.0 Å². The van der Waals surface area contributed by atoms with Crippen LogP contribution >= 0.6 is 38.9 Å².